The summed E-state index contributed by atoms with van der Waals surface area (Å²) in [5.41, 5.74) is 0.675. The van der Waals surface area contributed by atoms with Crippen molar-refractivity contribution in [1.82, 2.24) is 4.90 Å². The van der Waals surface area contributed by atoms with E-state index in [1.54, 1.807) is 23.1 Å². The van der Waals surface area contributed by atoms with Gasteiger partial charge in [0.15, 0.2) is 11.6 Å². The molecule has 2 fully saturated rings. The maximum absolute atomic E-state index is 13.3. The fraction of sp³-hybridized carbons (Fsp3) is 0.364. The molecule has 29 heavy (non-hydrogen) atoms. The first-order chi connectivity index (χ1) is 13.9. The molecule has 0 unspecified atom stereocenters. The quantitative estimate of drug-likeness (QED) is 0.848. The van der Waals surface area contributed by atoms with Gasteiger partial charge in [-0.05, 0) is 48.9 Å². The summed E-state index contributed by atoms with van der Waals surface area (Å²) in [6.45, 7) is 1.15. The number of methoxy groups -OCH3 is 1. The van der Waals surface area contributed by atoms with Gasteiger partial charge >= 0.3 is 0 Å². The van der Waals surface area contributed by atoms with Crippen LogP contribution in [0.25, 0.3) is 0 Å². The van der Waals surface area contributed by atoms with Crippen LogP contribution >= 0.6 is 0 Å². The minimum Gasteiger partial charge on any atom is -0.496 e. The molecule has 2 aromatic rings. The summed E-state index contributed by atoms with van der Waals surface area (Å²) in [4.78, 5) is 27.2. The van der Waals surface area contributed by atoms with Crippen LogP contribution in [-0.2, 0) is 4.79 Å². The van der Waals surface area contributed by atoms with Crippen LogP contribution in [0.1, 0.15) is 29.6 Å². The number of rotatable bonds is 4. The third kappa shape index (κ3) is 3.69. The molecule has 2 aromatic carbocycles. The molecule has 4 rings (SSSR count). The Bertz CT molecular complexity index is 955. The lowest BCUT2D eigenvalue weighted by Gasteiger charge is -2.33. The van der Waals surface area contributed by atoms with E-state index in [0.29, 0.717) is 24.4 Å². The van der Waals surface area contributed by atoms with Crippen molar-refractivity contribution in [3.8, 4) is 5.75 Å². The smallest absolute Gasteiger partial charge is 0.257 e. The number of nitrogens with one attached hydrogen (secondary N) is 1. The van der Waals surface area contributed by atoms with Gasteiger partial charge in [-0.15, -0.1) is 0 Å². The molecule has 1 saturated carbocycles. The molecule has 2 amide bonds. The molecule has 1 aliphatic heterocycles. The SMILES string of the molecule is COc1ccccc1C(=O)N1CCC2(CC1)C[C@H]2C(=O)Nc1ccc(F)c(F)c1. The highest BCUT2D eigenvalue weighted by Gasteiger charge is 2.58. The second kappa shape index (κ2) is 7.46. The van der Waals surface area contributed by atoms with Crippen LogP contribution in [-0.4, -0.2) is 36.9 Å². The number of ether oxygens (including phenoxy) is 1. The van der Waals surface area contributed by atoms with Crippen molar-refractivity contribution in [2.75, 3.05) is 25.5 Å². The Morgan fingerprint density at radius 1 is 1.10 bits per heavy atom. The number of nitrogens with zero attached hydrogens (tertiary/aromatic N) is 1. The number of carbonyl (C=O) groups excluding carboxylic acids is 2. The van der Waals surface area contributed by atoms with E-state index < -0.39 is 11.6 Å². The second-order valence-electron chi connectivity index (χ2n) is 7.73. The lowest BCUT2D eigenvalue weighted by molar-refractivity contribution is -0.118. The standard InChI is InChI=1S/C22H22F2N2O3/c1-29-19-5-3-2-4-15(19)21(28)26-10-8-22(9-11-26)13-16(22)20(27)25-14-6-7-17(23)18(24)12-14/h2-7,12,16H,8-11,13H2,1H3,(H,25,27)/t16-/m0/s1. The second-order valence-corrected chi connectivity index (χ2v) is 7.73. The summed E-state index contributed by atoms with van der Waals surface area (Å²) in [5, 5.41) is 2.68. The van der Waals surface area contributed by atoms with E-state index in [0.717, 1.165) is 31.4 Å². The molecule has 7 heteroatoms. The van der Waals surface area contributed by atoms with Gasteiger partial charge in [0.25, 0.3) is 5.91 Å². The fourth-order valence-corrected chi connectivity index (χ4v) is 4.22. The first kappa shape index (κ1) is 19.4. The molecule has 1 aliphatic carbocycles. The fourth-order valence-electron chi connectivity index (χ4n) is 4.22. The summed E-state index contributed by atoms with van der Waals surface area (Å²) in [7, 11) is 1.54. The van der Waals surface area contributed by atoms with Crippen LogP contribution in [0.5, 0.6) is 5.75 Å². The van der Waals surface area contributed by atoms with E-state index in [1.165, 1.54) is 13.2 Å². The molecule has 152 valence electrons. The topological polar surface area (TPSA) is 58.6 Å². The van der Waals surface area contributed by atoms with Crippen molar-refractivity contribution < 1.29 is 23.1 Å². The molecule has 0 aromatic heterocycles. The third-order valence-corrected chi connectivity index (χ3v) is 6.08. The molecule has 5 nitrogen and oxygen atoms in total. The number of halogens is 2. The highest BCUT2D eigenvalue weighted by Crippen LogP contribution is 2.59. The van der Waals surface area contributed by atoms with E-state index in [2.05, 4.69) is 5.32 Å². The lowest BCUT2D eigenvalue weighted by Crippen LogP contribution is -2.40. The molecule has 1 spiro atoms. The normalized spacial score (nSPS) is 19.7. The molecule has 2 aliphatic rings. The van der Waals surface area contributed by atoms with Crippen molar-refractivity contribution >= 4 is 17.5 Å². The predicted octanol–water partition coefficient (Wildman–Crippen LogP) is 3.85. The maximum Gasteiger partial charge on any atom is 0.257 e. The molecular weight excluding hydrogens is 378 g/mol. The molecular formula is C22H22F2N2O3. The summed E-state index contributed by atoms with van der Waals surface area (Å²) in [6.07, 6.45) is 2.23. The average Bonchev–Trinajstić information content (AvgIpc) is 3.44. The zero-order valence-corrected chi connectivity index (χ0v) is 16.1. The van der Waals surface area contributed by atoms with Gasteiger partial charge in [-0.2, -0.15) is 0 Å². The zero-order valence-electron chi connectivity index (χ0n) is 16.1. The van der Waals surface area contributed by atoms with Crippen molar-refractivity contribution in [2.24, 2.45) is 11.3 Å². The zero-order chi connectivity index (χ0) is 20.6. The summed E-state index contributed by atoms with van der Waals surface area (Å²) >= 11 is 0. The van der Waals surface area contributed by atoms with Gasteiger partial charge in [0, 0.05) is 30.8 Å². The Labute approximate surface area is 167 Å². The van der Waals surface area contributed by atoms with Crippen LogP contribution < -0.4 is 10.1 Å². The summed E-state index contributed by atoms with van der Waals surface area (Å²) in [6, 6.07) is 10.5. The van der Waals surface area contributed by atoms with Crippen LogP contribution in [0.4, 0.5) is 14.5 Å². The number of anilines is 1. The van der Waals surface area contributed by atoms with Crippen LogP contribution in [0.15, 0.2) is 42.5 Å². The highest BCUT2D eigenvalue weighted by molar-refractivity contribution is 5.97. The molecule has 1 atom stereocenters. The lowest BCUT2D eigenvalue weighted by atomic mass is 9.90. The van der Waals surface area contributed by atoms with Gasteiger partial charge in [0.2, 0.25) is 5.91 Å². The highest BCUT2D eigenvalue weighted by atomic mass is 19.2. The largest absolute Gasteiger partial charge is 0.496 e. The monoisotopic (exact) mass is 400 g/mol. The maximum atomic E-state index is 13.3. The number of para-hydroxylation sites is 1. The van der Waals surface area contributed by atoms with E-state index in [-0.39, 0.29) is 28.8 Å². The van der Waals surface area contributed by atoms with E-state index in [9.17, 15) is 18.4 Å². The number of benzene rings is 2. The molecule has 1 N–H and O–H groups in total. The minimum absolute atomic E-state index is 0.0688. The van der Waals surface area contributed by atoms with Crippen molar-refractivity contribution in [3.05, 3.63) is 59.7 Å². The molecule has 0 radical (unpaired) electrons. The van der Waals surface area contributed by atoms with E-state index >= 15 is 0 Å². The summed E-state index contributed by atoms with van der Waals surface area (Å²) in [5.74, 6) is -1.80. The minimum atomic E-state index is -0.989. The van der Waals surface area contributed by atoms with Gasteiger partial charge in [-0.3, -0.25) is 9.59 Å². The van der Waals surface area contributed by atoms with Gasteiger partial charge in [0.05, 0.1) is 12.7 Å². The summed E-state index contributed by atoms with van der Waals surface area (Å²) < 4.78 is 31.7. The Morgan fingerprint density at radius 3 is 2.52 bits per heavy atom. The number of carbonyl (C=O) groups is 2. The number of piperidine rings is 1. The number of likely N-dealkylation sites (tertiary alicyclic amines) is 1. The number of amides is 2. The van der Waals surface area contributed by atoms with Crippen molar-refractivity contribution in [1.29, 1.82) is 0 Å². The van der Waals surface area contributed by atoms with Gasteiger partial charge in [0.1, 0.15) is 5.75 Å². The van der Waals surface area contributed by atoms with E-state index in [1.807, 2.05) is 6.07 Å². The van der Waals surface area contributed by atoms with Gasteiger partial charge in [-0.25, -0.2) is 8.78 Å². The Kier molecular flexibility index (Phi) is 4.98. The predicted molar refractivity (Wildman–Crippen MR) is 104 cm³/mol. The average molecular weight is 400 g/mol. The molecule has 1 saturated heterocycles. The van der Waals surface area contributed by atoms with Crippen LogP contribution in [0.2, 0.25) is 0 Å². The van der Waals surface area contributed by atoms with Crippen molar-refractivity contribution in [3.63, 3.8) is 0 Å². The van der Waals surface area contributed by atoms with Crippen molar-refractivity contribution in [2.45, 2.75) is 19.3 Å². The van der Waals surface area contributed by atoms with Crippen LogP contribution in [0.3, 0.4) is 0 Å². The number of hydrogen-bond acceptors (Lipinski definition) is 3. The van der Waals surface area contributed by atoms with Gasteiger partial charge < -0.3 is 15.0 Å². The Hall–Kier alpha value is -2.96. The third-order valence-electron chi connectivity index (χ3n) is 6.08. The molecule has 1 heterocycles. The first-order valence-electron chi connectivity index (χ1n) is 9.62. The van der Waals surface area contributed by atoms with E-state index in [4.69, 9.17) is 4.74 Å². The molecule has 0 bridgehead atoms. The Balaban J connectivity index is 1.35. The first-order valence-corrected chi connectivity index (χ1v) is 9.62. The number of hydrogen-bond donors (Lipinski definition) is 1. The Morgan fingerprint density at radius 2 is 1.83 bits per heavy atom. The van der Waals surface area contributed by atoms with Crippen LogP contribution in [0, 0.1) is 23.0 Å². The van der Waals surface area contributed by atoms with Gasteiger partial charge in [-0.1, -0.05) is 12.1 Å².